The van der Waals surface area contributed by atoms with Crippen LogP contribution in [0.25, 0.3) is 5.57 Å². The number of aliphatic imine (C=N–C) groups is 1. The monoisotopic (exact) mass is 183 g/mol. The van der Waals surface area contributed by atoms with E-state index in [9.17, 15) is 0 Å². The Morgan fingerprint density at radius 3 is 2.93 bits per heavy atom. The molecule has 0 unspecified atom stereocenters. The van der Waals surface area contributed by atoms with Gasteiger partial charge in [-0.05, 0) is 35.6 Å². The van der Waals surface area contributed by atoms with Gasteiger partial charge in [-0.2, -0.15) is 0 Å². The number of nitrogens with zero attached hydrogens (tertiary/aromatic N) is 1. The highest BCUT2D eigenvalue weighted by molar-refractivity contribution is 6.08. The number of fused-ring (bicyclic) bond motifs is 2. The fourth-order valence-electron chi connectivity index (χ4n) is 2.49. The first-order valence-corrected chi connectivity index (χ1v) is 5.18. The third-order valence-electron chi connectivity index (χ3n) is 3.22. The van der Waals surface area contributed by atoms with Crippen molar-refractivity contribution in [1.82, 2.24) is 0 Å². The van der Waals surface area contributed by atoms with E-state index in [-0.39, 0.29) is 0 Å². The van der Waals surface area contributed by atoms with Crippen LogP contribution in [0.4, 0.5) is 0 Å². The fraction of sp³-hybridized carbons (Fsp3) is 0.308. The Kier molecular flexibility index (Phi) is 1.60. The van der Waals surface area contributed by atoms with Crippen LogP contribution in [0.3, 0.4) is 0 Å². The molecule has 0 spiro atoms. The Morgan fingerprint density at radius 1 is 1.14 bits per heavy atom. The lowest BCUT2D eigenvalue weighted by atomic mass is 9.99. The van der Waals surface area contributed by atoms with Gasteiger partial charge < -0.3 is 0 Å². The first-order chi connectivity index (χ1) is 6.86. The van der Waals surface area contributed by atoms with Gasteiger partial charge in [0, 0.05) is 18.7 Å². The number of allylic oxidation sites excluding steroid dienone is 1. The molecule has 0 atom stereocenters. The van der Waals surface area contributed by atoms with Gasteiger partial charge in [-0.1, -0.05) is 24.3 Å². The molecular formula is C13H13N. The molecule has 1 aliphatic carbocycles. The Bertz CT molecular complexity index is 452. The molecule has 0 amide bonds. The normalized spacial score (nSPS) is 19.1. The highest BCUT2D eigenvalue weighted by Crippen LogP contribution is 2.37. The van der Waals surface area contributed by atoms with Crippen molar-refractivity contribution in [3.8, 4) is 0 Å². The maximum absolute atomic E-state index is 4.51. The van der Waals surface area contributed by atoms with E-state index in [1.54, 1.807) is 5.57 Å². The Morgan fingerprint density at radius 2 is 2.00 bits per heavy atom. The molecule has 1 heteroatoms. The second kappa shape index (κ2) is 2.81. The molecule has 1 aliphatic heterocycles. The summed E-state index contributed by atoms with van der Waals surface area (Å²) in [5.41, 5.74) is 7.23. The Hall–Kier alpha value is -1.37. The van der Waals surface area contributed by atoms with Crippen molar-refractivity contribution in [1.29, 1.82) is 0 Å². The van der Waals surface area contributed by atoms with Crippen molar-refractivity contribution in [3.05, 3.63) is 41.0 Å². The molecule has 0 saturated carbocycles. The van der Waals surface area contributed by atoms with E-state index in [2.05, 4.69) is 36.2 Å². The minimum atomic E-state index is 0.971. The highest BCUT2D eigenvalue weighted by atomic mass is 14.7. The summed E-state index contributed by atoms with van der Waals surface area (Å²) >= 11 is 0. The largest absolute Gasteiger partial charge is 0.289 e. The summed E-state index contributed by atoms with van der Waals surface area (Å²) < 4.78 is 0. The molecule has 1 nitrogen and oxygen atoms in total. The van der Waals surface area contributed by atoms with E-state index in [0.717, 1.165) is 19.4 Å². The smallest absolute Gasteiger partial charge is 0.0433 e. The molecule has 2 aliphatic rings. The molecular weight excluding hydrogens is 170 g/mol. The van der Waals surface area contributed by atoms with E-state index < -0.39 is 0 Å². The lowest BCUT2D eigenvalue weighted by Crippen LogP contribution is -2.05. The molecule has 0 aromatic heterocycles. The SMILES string of the molecule is CC1=NCCC2=C1Cc1ccccc12. The van der Waals surface area contributed by atoms with Gasteiger partial charge in [-0.3, -0.25) is 4.99 Å². The zero-order chi connectivity index (χ0) is 9.54. The van der Waals surface area contributed by atoms with Crippen LogP contribution < -0.4 is 0 Å². The Labute approximate surface area is 84.2 Å². The summed E-state index contributed by atoms with van der Waals surface area (Å²) in [5, 5.41) is 0. The maximum atomic E-state index is 4.51. The van der Waals surface area contributed by atoms with Crippen LogP contribution in [0.5, 0.6) is 0 Å². The minimum absolute atomic E-state index is 0.971. The summed E-state index contributed by atoms with van der Waals surface area (Å²) in [6.45, 7) is 3.11. The molecule has 14 heavy (non-hydrogen) atoms. The van der Waals surface area contributed by atoms with Gasteiger partial charge >= 0.3 is 0 Å². The van der Waals surface area contributed by atoms with Crippen molar-refractivity contribution in [2.24, 2.45) is 4.99 Å². The summed E-state index contributed by atoms with van der Waals surface area (Å²) in [7, 11) is 0. The Balaban J connectivity index is 2.17. The number of rotatable bonds is 0. The lowest BCUT2D eigenvalue weighted by Gasteiger charge is -2.12. The van der Waals surface area contributed by atoms with Crippen LogP contribution in [-0.4, -0.2) is 12.3 Å². The molecule has 70 valence electrons. The van der Waals surface area contributed by atoms with Gasteiger partial charge in [-0.15, -0.1) is 0 Å². The second-order valence-corrected chi connectivity index (χ2v) is 4.01. The summed E-state index contributed by atoms with van der Waals surface area (Å²) in [6, 6.07) is 8.75. The predicted molar refractivity (Wildman–Crippen MR) is 59.7 cm³/mol. The van der Waals surface area contributed by atoms with Crippen molar-refractivity contribution < 1.29 is 0 Å². The molecule has 3 rings (SSSR count). The molecule has 1 heterocycles. The predicted octanol–water partition coefficient (Wildman–Crippen LogP) is 2.86. The minimum Gasteiger partial charge on any atom is -0.289 e. The van der Waals surface area contributed by atoms with Crippen LogP contribution >= 0.6 is 0 Å². The lowest BCUT2D eigenvalue weighted by molar-refractivity contribution is 0.996. The third kappa shape index (κ3) is 0.985. The zero-order valence-corrected chi connectivity index (χ0v) is 8.38. The second-order valence-electron chi connectivity index (χ2n) is 4.01. The number of hydrogen-bond donors (Lipinski definition) is 0. The summed E-state index contributed by atoms with van der Waals surface area (Å²) in [4.78, 5) is 4.51. The van der Waals surface area contributed by atoms with Gasteiger partial charge in [0.2, 0.25) is 0 Å². The standard InChI is InChI=1S/C13H13N/c1-9-13-8-10-4-2-3-5-11(10)12(13)6-7-14-9/h2-5H,6-8H2,1H3. The van der Waals surface area contributed by atoms with Crippen molar-refractivity contribution in [2.75, 3.05) is 6.54 Å². The molecule has 0 radical (unpaired) electrons. The summed E-state index contributed by atoms with van der Waals surface area (Å²) in [6.07, 6.45) is 2.23. The van der Waals surface area contributed by atoms with Gasteiger partial charge in [0.25, 0.3) is 0 Å². The van der Waals surface area contributed by atoms with Crippen molar-refractivity contribution in [2.45, 2.75) is 19.8 Å². The average Bonchev–Trinajstić information content (AvgIpc) is 2.59. The summed E-state index contributed by atoms with van der Waals surface area (Å²) in [5.74, 6) is 0. The average molecular weight is 183 g/mol. The first-order valence-electron chi connectivity index (χ1n) is 5.18. The van der Waals surface area contributed by atoms with E-state index in [4.69, 9.17) is 0 Å². The van der Waals surface area contributed by atoms with Crippen molar-refractivity contribution in [3.63, 3.8) is 0 Å². The van der Waals surface area contributed by atoms with Crippen LogP contribution in [-0.2, 0) is 6.42 Å². The van der Waals surface area contributed by atoms with Gasteiger partial charge in [0.15, 0.2) is 0 Å². The molecule has 0 saturated heterocycles. The zero-order valence-electron chi connectivity index (χ0n) is 8.38. The van der Waals surface area contributed by atoms with Crippen LogP contribution in [0.15, 0.2) is 34.8 Å². The maximum Gasteiger partial charge on any atom is 0.0433 e. The quantitative estimate of drug-likeness (QED) is 0.586. The van der Waals surface area contributed by atoms with E-state index in [1.807, 2.05) is 0 Å². The van der Waals surface area contributed by atoms with Crippen molar-refractivity contribution >= 4 is 11.3 Å². The van der Waals surface area contributed by atoms with Crippen LogP contribution in [0.2, 0.25) is 0 Å². The first kappa shape index (κ1) is 7.98. The van der Waals surface area contributed by atoms with Gasteiger partial charge in [0.05, 0.1) is 0 Å². The third-order valence-corrected chi connectivity index (χ3v) is 3.22. The number of benzene rings is 1. The van der Waals surface area contributed by atoms with Crippen LogP contribution in [0, 0.1) is 0 Å². The molecule has 0 N–H and O–H groups in total. The van der Waals surface area contributed by atoms with E-state index in [1.165, 1.54) is 22.4 Å². The molecule has 1 aromatic rings. The number of hydrogen-bond acceptors (Lipinski definition) is 1. The number of dihydropyridines is 1. The molecule has 1 aromatic carbocycles. The molecule has 0 fully saturated rings. The van der Waals surface area contributed by atoms with E-state index in [0.29, 0.717) is 0 Å². The van der Waals surface area contributed by atoms with E-state index >= 15 is 0 Å². The van der Waals surface area contributed by atoms with Crippen LogP contribution in [0.1, 0.15) is 24.5 Å². The molecule has 0 bridgehead atoms. The van der Waals surface area contributed by atoms with Gasteiger partial charge in [0.1, 0.15) is 0 Å². The fourth-order valence-corrected chi connectivity index (χ4v) is 2.49. The topological polar surface area (TPSA) is 12.4 Å². The highest BCUT2D eigenvalue weighted by Gasteiger charge is 2.24. The van der Waals surface area contributed by atoms with Gasteiger partial charge in [-0.25, -0.2) is 0 Å².